The summed E-state index contributed by atoms with van der Waals surface area (Å²) in [6.07, 6.45) is 3.92. The maximum atomic E-state index is 6.06. The molecule has 0 unspecified atom stereocenters. The molecule has 100 valence electrons. The largest absolute Gasteiger partial charge is 0.356 e. The fourth-order valence-corrected chi connectivity index (χ4v) is 2.70. The van der Waals surface area contributed by atoms with Crippen molar-refractivity contribution in [3.05, 3.63) is 17.0 Å². The van der Waals surface area contributed by atoms with Crippen LogP contribution >= 0.6 is 11.6 Å². The van der Waals surface area contributed by atoms with Gasteiger partial charge in [-0.2, -0.15) is 0 Å². The number of hydrogen-bond donors (Lipinski definition) is 0. The minimum Gasteiger partial charge on any atom is -0.356 e. The zero-order valence-corrected chi connectivity index (χ0v) is 12.1. The number of likely N-dealkylation sites (tertiary alicyclic amines) is 1. The lowest BCUT2D eigenvalue weighted by atomic mass is 10.0. The molecular weight excluding hydrogens is 248 g/mol. The number of anilines is 1. The van der Waals surface area contributed by atoms with Gasteiger partial charge in [0.2, 0.25) is 0 Å². The zero-order chi connectivity index (χ0) is 13.1. The van der Waals surface area contributed by atoms with Gasteiger partial charge in [0.25, 0.3) is 0 Å². The Hall–Kier alpha value is -0.870. The van der Waals surface area contributed by atoms with E-state index in [-0.39, 0.29) is 0 Å². The Kier molecular flexibility index (Phi) is 4.40. The Bertz CT molecular complexity index is 402. The van der Waals surface area contributed by atoms with Crippen molar-refractivity contribution < 1.29 is 0 Å². The molecule has 0 aromatic carbocycles. The molecule has 1 fully saturated rings. The van der Waals surface area contributed by atoms with Crippen LogP contribution in [0.5, 0.6) is 0 Å². The second kappa shape index (κ2) is 5.85. The topological polar surface area (TPSA) is 32.3 Å². The van der Waals surface area contributed by atoms with Crippen LogP contribution in [-0.4, -0.2) is 47.6 Å². The summed E-state index contributed by atoms with van der Waals surface area (Å²) < 4.78 is 0. The standard InChI is InChI=1S/C13H21ClN4/c1-4-18-7-5-11(6-8-18)17(3)13-10(2)12(14)15-9-16-13/h9,11H,4-8H2,1-3H3. The van der Waals surface area contributed by atoms with Gasteiger partial charge < -0.3 is 9.80 Å². The van der Waals surface area contributed by atoms with Gasteiger partial charge in [-0.1, -0.05) is 18.5 Å². The van der Waals surface area contributed by atoms with Crippen molar-refractivity contribution >= 4 is 17.4 Å². The van der Waals surface area contributed by atoms with E-state index in [9.17, 15) is 0 Å². The van der Waals surface area contributed by atoms with E-state index in [0.717, 1.165) is 17.9 Å². The lowest BCUT2D eigenvalue weighted by Gasteiger charge is -2.37. The van der Waals surface area contributed by atoms with Crippen LogP contribution in [0.1, 0.15) is 25.3 Å². The number of aromatic nitrogens is 2. The molecule has 2 rings (SSSR count). The van der Waals surface area contributed by atoms with Crippen molar-refractivity contribution in [2.45, 2.75) is 32.7 Å². The molecule has 5 heteroatoms. The Morgan fingerprint density at radius 2 is 2.06 bits per heavy atom. The fourth-order valence-electron chi connectivity index (χ4n) is 2.57. The molecule has 0 spiro atoms. The number of halogens is 1. The molecule has 0 amide bonds. The highest BCUT2D eigenvalue weighted by Gasteiger charge is 2.23. The summed E-state index contributed by atoms with van der Waals surface area (Å²) in [5, 5.41) is 0.554. The van der Waals surface area contributed by atoms with Crippen LogP contribution in [0.4, 0.5) is 5.82 Å². The molecule has 1 aliphatic rings. The van der Waals surface area contributed by atoms with E-state index in [1.54, 1.807) is 6.33 Å². The molecule has 0 N–H and O–H groups in total. The molecule has 0 saturated carbocycles. The molecule has 1 saturated heterocycles. The number of nitrogens with zero attached hydrogens (tertiary/aromatic N) is 4. The maximum absolute atomic E-state index is 6.06. The Balaban J connectivity index is 2.08. The average molecular weight is 269 g/mol. The summed E-state index contributed by atoms with van der Waals surface area (Å²) in [7, 11) is 2.11. The van der Waals surface area contributed by atoms with Gasteiger partial charge in [0.05, 0.1) is 0 Å². The van der Waals surface area contributed by atoms with Gasteiger partial charge in [0.1, 0.15) is 17.3 Å². The van der Waals surface area contributed by atoms with Crippen LogP contribution in [0.25, 0.3) is 0 Å². The highest BCUT2D eigenvalue weighted by molar-refractivity contribution is 6.30. The average Bonchev–Trinajstić information content (AvgIpc) is 2.41. The van der Waals surface area contributed by atoms with Gasteiger partial charge in [-0.15, -0.1) is 0 Å². The Morgan fingerprint density at radius 1 is 1.39 bits per heavy atom. The van der Waals surface area contributed by atoms with Crippen molar-refractivity contribution in [1.29, 1.82) is 0 Å². The lowest BCUT2D eigenvalue weighted by Crippen LogP contribution is -2.43. The van der Waals surface area contributed by atoms with Crippen LogP contribution in [-0.2, 0) is 0 Å². The third-order valence-corrected chi connectivity index (χ3v) is 4.26. The van der Waals surface area contributed by atoms with Crippen LogP contribution in [0.15, 0.2) is 6.33 Å². The zero-order valence-electron chi connectivity index (χ0n) is 11.4. The SMILES string of the molecule is CCN1CCC(N(C)c2ncnc(Cl)c2C)CC1. The minimum atomic E-state index is 0.553. The van der Waals surface area contributed by atoms with Crippen molar-refractivity contribution in [2.24, 2.45) is 0 Å². The smallest absolute Gasteiger partial charge is 0.137 e. The first-order valence-corrected chi connectivity index (χ1v) is 6.93. The Labute approximate surface area is 114 Å². The summed E-state index contributed by atoms with van der Waals surface area (Å²) in [6, 6.07) is 0.553. The van der Waals surface area contributed by atoms with Gasteiger partial charge in [-0.3, -0.25) is 0 Å². The molecule has 18 heavy (non-hydrogen) atoms. The molecule has 0 bridgehead atoms. The predicted molar refractivity (Wildman–Crippen MR) is 75.3 cm³/mol. The van der Waals surface area contributed by atoms with Gasteiger partial charge in [-0.05, 0) is 26.3 Å². The summed E-state index contributed by atoms with van der Waals surface area (Å²) in [5.74, 6) is 0.963. The summed E-state index contributed by atoms with van der Waals surface area (Å²) in [6.45, 7) is 7.69. The van der Waals surface area contributed by atoms with Gasteiger partial charge in [-0.25, -0.2) is 9.97 Å². The van der Waals surface area contributed by atoms with Crippen molar-refractivity contribution in [1.82, 2.24) is 14.9 Å². The first-order chi connectivity index (χ1) is 8.63. The van der Waals surface area contributed by atoms with E-state index in [2.05, 4.69) is 33.7 Å². The summed E-state index contributed by atoms with van der Waals surface area (Å²) in [5.41, 5.74) is 0.972. The van der Waals surface area contributed by atoms with Crippen LogP contribution in [0.2, 0.25) is 5.15 Å². The van der Waals surface area contributed by atoms with E-state index in [0.29, 0.717) is 11.2 Å². The van der Waals surface area contributed by atoms with Crippen LogP contribution in [0, 0.1) is 6.92 Å². The molecule has 1 aromatic heterocycles. The fraction of sp³-hybridized carbons (Fsp3) is 0.692. The monoisotopic (exact) mass is 268 g/mol. The van der Waals surface area contributed by atoms with Crippen LogP contribution < -0.4 is 4.90 Å². The minimum absolute atomic E-state index is 0.553. The predicted octanol–water partition coefficient (Wildman–Crippen LogP) is 2.36. The van der Waals surface area contributed by atoms with E-state index in [1.807, 2.05) is 6.92 Å². The molecule has 4 nitrogen and oxygen atoms in total. The molecule has 0 atom stereocenters. The van der Waals surface area contributed by atoms with Gasteiger partial charge in [0.15, 0.2) is 0 Å². The molecule has 1 aliphatic heterocycles. The van der Waals surface area contributed by atoms with Crippen molar-refractivity contribution in [3.8, 4) is 0 Å². The molecule has 0 radical (unpaired) electrons. The van der Waals surface area contributed by atoms with Crippen molar-refractivity contribution in [3.63, 3.8) is 0 Å². The third kappa shape index (κ3) is 2.75. The van der Waals surface area contributed by atoms with E-state index >= 15 is 0 Å². The maximum Gasteiger partial charge on any atom is 0.137 e. The second-order valence-corrected chi connectivity index (χ2v) is 5.25. The number of rotatable bonds is 3. The highest BCUT2D eigenvalue weighted by Crippen LogP contribution is 2.25. The van der Waals surface area contributed by atoms with E-state index in [1.165, 1.54) is 25.9 Å². The third-order valence-electron chi connectivity index (χ3n) is 3.88. The normalized spacial score (nSPS) is 18.0. The highest BCUT2D eigenvalue weighted by atomic mass is 35.5. The second-order valence-electron chi connectivity index (χ2n) is 4.89. The molecule has 0 aliphatic carbocycles. The summed E-state index contributed by atoms with van der Waals surface area (Å²) in [4.78, 5) is 13.1. The number of hydrogen-bond acceptors (Lipinski definition) is 4. The molecule has 2 heterocycles. The lowest BCUT2D eigenvalue weighted by molar-refractivity contribution is 0.220. The van der Waals surface area contributed by atoms with E-state index < -0.39 is 0 Å². The molecule has 1 aromatic rings. The quantitative estimate of drug-likeness (QED) is 0.788. The summed E-state index contributed by atoms with van der Waals surface area (Å²) >= 11 is 6.06. The Morgan fingerprint density at radius 3 is 2.67 bits per heavy atom. The first kappa shape index (κ1) is 13.6. The first-order valence-electron chi connectivity index (χ1n) is 6.55. The van der Waals surface area contributed by atoms with Crippen LogP contribution in [0.3, 0.4) is 0 Å². The van der Waals surface area contributed by atoms with E-state index in [4.69, 9.17) is 11.6 Å². The molecular formula is C13H21ClN4. The van der Waals surface area contributed by atoms with Gasteiger partial charge >= 0.3 is 0 Å². The number of piperidine rings is 1. The van der Waals surface area contributed by atoms with Crippen molar-refractivity contribution in [2.75, 3.05) is 31.6 Å². The van der Waals surface area contributed by atoms with Gasteiger partial charge in [0, 0.05) is 31.7 Å².